The summed E-state index contributed by atoms with van der Waals surface area (Å²) < 4.78 is 4.13. The number of rotatable bonds is 4. The topological polar surface area (TPSA) is 61.1 Å². The van der Waals surface area contributed by atoms with E-state index in [1.807, 2.05) is 42.1 Å². The molecule has 0 aliphatic heterocycles. The largest absolute Gasteiger partial charge is 0.327 e. The van der Waals surface area contributed by atoms with E-state index in [9.17, 15) is 0 Å². The van der Waals surface area contributed by atoms with E-state index in [1.165, 1.54) is 0 Å². The maximum atomic E-state index is 6.15. The summed E-state index contributed by atoms with van der Waals surface area (Å²) in [6, 6.07) is 6.16. The number of pyridine rings is 1. The zero-order valence-electron chi connectivity index (χ0n) is 11.8. The Labute approximate surface area is 118 Å². The second-order valence-corrected chi connectivity index (χ2v) is 5.03. The van der Waals surface area contributed by atoms with Gasteiger partial charge in [0.1, 0.15) is 11.5 Å². The fraction of sp³-hybridized carbons (Fsp3) is 0.333. The van der Waals surface area contributed by atoms with Crippen LogP contribution in [0.25, 0.3) is 11.5 Å². The van der Waals surface area contributed by atoms with Gasteiger partial charge in [-0.1, -0.05) is 13.0 Å². The minimum absolute atomic E-state index is 0.137. The van der Waals surface area contributed by atoms with E-state index in [4.69, 9.17) is 10.7 Å². The lowest BCUT2D eigenvalue weighted by Crippen LogP contribution is -2.23. The molecule has 0 amide bonds. The molecule has 20 heavy (non-hydrogen) atoms. The summed E-state index contributed by atoms with van der Waals surface area (Å²) in [4.78, 5) is 9.02. The van der Waals surface area contributed by atoms with Crippen LogP contribution in [0.1, 0.15) is 24.9 Å². The Morgan fingerprint density at radius 1 is 1.30 bits per heavy atom. The molecule has 3 aromatic heterocycles. The predicted molar refractivity (Wildman–Crippen MR) is 79.0 cm³/mol. The molecule has 5 heteroatoms. The van der Waals surface area contributed by atoms with Crippen LogP contribution in [-0.4, -0.2) is 25.0 Å². The molecule has 5 nitrogen and oxygen atoms in total. The highest BCUT2D eigenvalue weighted by Crippen LogP contribution is 2.20. The van der Waals surface area contributed by atoms with Gasteiger partial charge >= 0.3 is 0 Å². The average Bonchev–Trinajstić information content (AvgIpc) is 3.03. The van der Waals surface area contributed by atoms with Crippen molar-refractivity contribution >= 4 is 5.65 Å². The third-order valence-electron chi connectivity index (χ3n) is 3.64. The minimum atomic E-state index is 0.137. The van der Waals surface area contributed by atoms with Gasteiger partial charge in [0.15, 0.2) is 5.82 Å². The lowest BCUT2D eigenvalue weighted by atomic mass is 10.1. The van der Waals surface area contributed by atoms with Crippen LogP contribution in [-0.2, 0) is 6.42 Å². The predicted octanol–water partition coefficient (Wildman–Crippen LogP) is 2.11. The van der Waals surface area contributed by atoms with Crippen LogP contribution < -0.4 is 5.73 Å². The molecular weight excluding hydrogens is 250 g/mol. The van der Waals surface area contributed by atoms with Gasteiger partial charge in [-0.3, -0.25) is 4.57 Å². The SMILES string of the molecule is CCC(N)Cc1c(-n2ccnc2C)nc2ccccn12. The standard InChI is InChI=1S/C15H19N5/c1-3-12(16)10-13-15(19-9-7-17-11(19)2)18-14-6-4-5-8-20(13)14/h4-9,12H,3,10,16H2,1-2H3. The van der Waals surface area contributed by atoms with Crippen molar-refractivity contribution in [2.24, 2.45) is 5.73 Å². The van der Waals surface area contributed by atoms with E-state index in [1.54, 1.807) is 6.20 Å². The quantitative estimate of drug-likeness (QED) is 0.789. The molecule has 0 aromatic carbocycles. The Bertz CT molecular complexity index is 725. The van der Waals surface area contributed by atoms with E-state index >= 15 is 0 Å². The van der Waals surface area contributed by atoms with Crippen LogP contribution in [0.2, 0.25) is 0 Å². The van der Waals surface area contributed by atoms with Crippen LogP contribution in [0.5, 0.6) is 0 Å². The van der Waals surface area contributed by atoms with Crippen molar-refractivity contribution in [3.8, 4) is 5.82 Å². The molecule has 0 bridgehead atoms. The summed E-state index contributed by atoms with van der Waals surface area (Å²) in [5.41, 5.74) is 8.22. The molecule has 1 unspecified atom stereocenters. The molecule has 0 saturated heterocycles. The second-order valence-electron chi connectivity index (χ2n) is 5.03. The Balaban J connectivity index is 2.20. The molecular formula is C15H19N5. The van der Waals surface area contributed by atoms with Crippen molar-refractivity contribution in [3.05, 3.63) is 48.3 Å². The number of nitrogens with two attached hydrogens (primary N) is 1. The summed E-state index contributed by atoms with van der Waals surface area (Å²) in [5, 5.41) is 0. The fourth-order valence-corrected chi connectivity index (χ4v) is 2.41. The Morgan fingerprint density at radius 3 is 2.85 bits per heavy atom. The van der Waals surface area contributed by atoms with E-state index in [0.29, 0.717) is 0 Å². The monoisotopic (exact) mass is 269 g/mol. The lowest BCUT2D eigenvalue weighted by Gasteiger charge is -2.11. The van der Waals surface area contributed by atoms with E-state index in [-0.39, 0.29) is 6.04 Å². The minimum Gasteiger partial charge on any atom is -0.327 e. The average molecular weight is 269 g/mol. The van der Waals surface area contributed by atoms with Crippen LogP contribution in [0, 0.1) is 6.92 Å². The summed E-state index contributed by atoms with van der Waals surface area (Å²) in [6.07, 6.45) is 7.52. The van der Waals surface area contributed by atoms with Crippen molar-refractivity contribution in [3.63, 3.8) is 0 Å². The molecule has 0 fully saturated rings. The highest BCUT2D eigenvalue weighted by atomic mass is 15.2. The second kappa shape index (κ2) is 5.09. The van der Waals surface area contributed by atoms with E-state index in [2.05, 4.69) is 16.3 Å². The molecule has 2 N–H and O–H groups in total. The van der Waals surface area contributed by atoms with Gasteiger partial charge in [-0.2, -0.15) is 0 Å². The Morgan fingerprint density at radius 2 is 2.15 bits per heavy atom. The van der Waals surface area contributed by atoms with Crippen molar-refractivity contribution in [2.75, 3.05) is 0 Å². The first kappa shape index (κ1) is 12.9. The third-order valence-corrected chi connectivity index (χ3v) is 3.64. The number of aromatic nitrogens is 4. The van der Waals surface area contributed by atoms with E-state index < -0.39 is 0 Å². The number of hydrogen-bond donors (Lipinski definition) is 1. The molecule has 0 aliphatic carbocycles. The maximum Gasteiger partial charge on any atom is 0.160 e. The van der Waals surface area contributed by atoms with Crippen LogP contribution in [0.15, 0.2) is 36.8 Å². The first-order chi connectivity index (χ1) is 9.70. The van der Waals surface area contributed by atoms with E-state index in [0.717, 1.165) is 35.8 Å². The molecule has 1 atom stereocenters. The Hall–Kier alpha value is -2.14. The highest BCUT2D eigenvalue weighted by molar-refractivity contribution is 5.49. The zero-order chi connectivity index (χ0) is 14.1. The smallest absolute Gasteiger partial charge is 0.160 e. The first-order valence-electron chi connectivity index (χ1n) is 6.92. The molecule has 0 saturated carbocycles. The van der Waals surface area contributed by atoms with Crippen LogP contribution >= 0.6 is 0 Å². The summed E-state index contributed by atoms with van der Waals surface area (Å²) in [5.74, 6) is 1.86. The van der Waals surface area contributed by atoms with Gasteiger partial charge in [0, 0.05) is 31.1 Å². The number of fused-ring (bicyclic) bond motifs is 1. The van der Waals surface area contributed by atoms with Gasteiger partial charge in [-0.15, -0.1) is 0 Å². The summed E-state index contributed by atoms with van der Waals surface area (Å²) in [7, 11) is 0. The van der Waals surface area contributed by atoms with Gasteiger partial charge in [0.25, 0.3) is 0 Å². The molecule has 3 rings (SSSR count). The Kier molecular flexibility index (Phi) is 3.28. The van der Waals surface area contributed by atoms with Gasteiger partial charge < -0.3 is 10.1 Å². The van der Waals surface area contributed by atoms with Gasteiger partial charge in [-0.05, 0) is 25.5 Å². The van der Waals surface area contributed by atoms with Crippen LogP contribution in [0.4, 0.5) is 0 Å². The molecule has 3 aromatic rings. The van der Waals surface area contributed by atoms with Crippen molar-refractivity contribution in [1.29, 1.82) is 0 Å². The normalized spacial score (nSPS) is 12.9. The number of imidazole rings is 2. The summed E-state index contributed by atoms with van der Waals surface area (Å²) in [6.45, 7) is 4.09. The third kappa shape index (κ3) is 2.10. The molecule has 104 valence electrons. The molecule has 0 radical (unpaired) electrons. The van der Waals surface area contributed by atoms with Crippen molar-refractivity contribution < 1.29 is 0 Å². The number of hydrogen-bond acceptors (Lipinski definition) is 3. The first-order valence-corrected chi connectivity index (χ1v) is 6.92. The maximum absolute atomic E-state index is 6.15. The molecule has 0 spiro atoms. The number of aryl methyl sites for hydroxylation is 1. The molecule has 0 aliphatic rings. The zero-order valence-corrected chi connectivity index (χ0v) is 11.8. The molecule has 3 heterocycles. The van der Waals surface area contributed by atoms with Crippen molar-refractivity contribution in [2.45, 2.75) is 32.7 Å². The van der Waals surface area contributed by atoms with Crippen molar-refractivity contribution in [1.82, 2.24) is 18.9 Å². The highest BCUT2D eigenvalue weighted by Gasteiger charge is 2.16. The van der Waals surface area contributed by atoms with Gasteiger partial charge in [0.2, 0.25) is 0 Å². The summed E-state index contributed by atoms with van der Waals surface area (Å²) >= 11 is 0. The van der Waals surface area contributed by atoms with Gasteiger partial charge in [0.05, 0.1) is 5.69 Å². The lowest BCUT2D eigenvalue weighted by molar-refractivity contribution is 0.631. The fourth-order valence-electron chi connectivity index (χ4n) is 2.41. The number of nitrogens with zero attached hydrogens (tertiary/aromatic N) is 4. The van der Waals surface area contributed by atoms with Gasteiger partial charge in [-0.25, -0.2) is 9.97 Å². The van der Waals surface area contributed by atoms with Crippen LogP contribution in [0.3, 0.4) is 0 Å².